The van der Waals surface area contributed by atoms with E-state index in [2.05, 4.69) is 35.6 Å². The summed E-state index contributed by atoms with van der Waals surface area (Å²) in [5.74, 6) is 2.47. The van der Waals surface area contributed by atoms with E-state index in [4.69, 9.17) is 5.10 Å². The number of carbonyl (C=O) groups excluding carboxylic acids is 1. The minimum absolute atomic E-state index is 0.0110. The van der Waals surface area contributed by atoms with Crippen LogP contribution in [0.4, 0.5) is 5.82 Å². The van der Waals surface area contributed by atoms with Crippen LogP contribution in [0.2, 0.25) is 0 Å². The highest BCUT2D eigenvalue weighted by molar-refractivity contribution is 5.94. The summed E-state index contributed by atoms with van der Waals surface area (Å²) in [6.07, 6.45) is 6.35. The molecular weight excluding hydrogens is 302 g/mol. The quantitative estimate of drug-likeness (QED) is 0.884. The molecule has 0 saturated carbocycles. The maximum absolute atomic E-state index is 12.3. The number of nitrogens with zero attached hydrogens (tertiary/aromatic N) is 4. The lowest BCUT2D eigenvalue weighted by molar-refractivity contribution is -0.116. The SMILES string of the molecule is CCCn1ccnc1[C@H]1CC(=O)Nc2c1c(C)nn2CCC(C)C. The first-order valence-electron chi connectivity index (χ1n) is 8.89. The van der Waals surface area contributed by atoms with Crippen LogP contribution in [-0.4, -0.2) is 25.2 Å². The number of imidazole rings is 1. The van der Waals surface area contributed by atoms with Gasteiger partial charge >= 0.3 is 0 Å². The molecule has 6 heteroatoms. The topological polar surface area (TPSA) is 64.7 Å². The van der Waals surface area contributed by atoms with Crippen molar-refractivity contribution in [2.24, 2.45) is 5.92 Å². The largest absolute Gasteiger partial charge is 0.334 e. The molecule has 0 saturated heterocycles. The molecule has 1 N–H and O–H groups in total. The van der Waals surface area contributed by atoms with Gasteiger partial charge in [-0.2, -0.15) is 5.10 Å². The second-order valence-corrected chi connectivity index (χ2v) is 7.04. The molecule has 2 aromatic heterocycles. The molecule has 1 aliphatic rings. The van der Waals surface area contributed by atoms with Crippen LogP contribution in [0.3, 0.4) is 0 Å². The van der Waals surface area contributed by atoms with E-state index in [0.29, 0.717) is 12.3 Å². The Morgan fingerprint density at radius 1 is 1.38 bits per heavy atom. The summed E-state index contributed by atoms with van der Waals surface area (Å²) in [7, 11) is 0. The molecular formula is C18H27N5O. The summed E-state index contributed by atoms with van der Waals surface area (Å²) >= 11 is 0. The van der Waals surface area contributed by atoms with Crippen molar-refractivity contribution in [2.75, 3.05) is 5.32 Å². The molecule has 24 heavy (non-hydrogen) atoms. The van der Waals surface area contributed by atoms with E-state index in [1.807, 2.05) is 24.0 Å². The average Bonchev–Trinajstić information content (AvgIpc) is 3.10. The van der Waals surface area contributed by atoms with E-state index < -0.39 is 0 Å². The number of carbonyl (C=O) groups is 1. The van der Waals surface area contributed by atoms with Gasteiger partial charge in [0.15, 0.2) is 0 Å². The van der Waals surface area contributed by atoms with Gasteiger partial charge < -0.3 is 9.88 Å². The molecule has 0 aromatic carbocycles. The normalized spacial score (nSPS) is 17.2. The first-order chi connectivity index (χ1) is 11.5. The molecule has 1 amide bonds. The number of aryl methyl sites for hydroxylation is 3. The van der Waals surface area contributed by atoms with E-state index in [0.717, 1.165) is 48.8 Å². The fraction of sp³-hybridized carbons (Fsp3) is 0.611. The van der Waals surface area contributed by atoms with Gasteiger partial charge in [-0.3, -0.25) is 4.79 Å². The van der Waals surface area contributed by atoms with Crippen LogP contribution in [0, 0.1) is 12.8 Å². The van der Waals surface area contributed by atoms with E-state index in [-0.39, 0.29) is 11.8 Å². The molecule has 0 spiro atoms. The maximum Gasteiger partial charge on any atom is 0.226 e. The summed E-state index contributed by atoms with van der Waals surface area (Å²) in [4.78, 5) is 16.9. The Morgan fingerprint density at radius 3 is 2.88 bits per heavy atom. The third-order valence-corrected chi connectivity index (χ3v) is 4.61. The number of aromatic nitrogens is 4. The van der Waals surface area contributed by atoms with Gasteiger partial charge in [0.2, 0.25) is 5.91 Å². The summed E-state index contributed by atoms with van der Waals surface area (Å²) in [5, 5.41) is 7.74. The van der Waals surface area contributed by atoms with E-state index in [1.54, 1.807) is 0 Å². The Labute approximate surface area is 143 Å². The van der Waals surface area contributed by atoms with Gasteiger partial charge in [0, 0.05) is 37.5 Å². The van der Waals surface area contributed by atoms with Gasteiger partial charge in [-0.05, 0) is 25.7 Å². The molecule has 3 heterocycles. The number of fused-ring (bicyclic) bond motifs is 1. The smallest absolute Gasteiger partial charge is 0.226 e. The molecule has 1 aliphatic heterocycles. The van der Waals surface area contributed by atoms with E-state index in [9.17, 15) is 4.79 Å². The summed E-state index contributed by atoms with van der Waals surface area (Å²) < 4.78 is 4.12. The van der Waals surface area contributed by atoms with Crippen LogP contribution in [0.25, 0.3) is 0 Å². The summed E-state index contributed by atoms with van der Waals surface area (Å²) in [6, 6.07) is 0. The van der Waals surface area contributed by atoms with Crippen molar-refractivity contribution in [1.29, 1.82) is 0 Å². The molecule has 3 rings (SSSR count). The maximum atomic E-state index is 12.3. The molecule has 0 aliphatic carbocycles. The number of rotatable bonds is 6. The van der Waals surface area contributed by atoms with Crippen molar-refractivity contribution in [3.8, 4) is 0 Å². The van der Waals surface area contributed by atoms with Crippen LogP contribution in [0.1, 0.15) is 63.0 Å². The second kappa shape index (κ2) is 6.79. The zero-order valence-electron chi connectivity index (χ0n) is 15.0. The predicted molar refractivity (Wildman–Crippen MR) is 94.0 cm³/mol. The van der Waals surface area contributed by atoms with Crippen molar-refractivity contribution in [3.63, 3.8) is 0 Å². The van der Waals surface area contributed by atoms with Crippen molar-refractivity contribution in [2.45, 2.75) is 66.0 Å². The molecule has 0 unspecified atom stereocenters. The van der Waals surface area contributed by atoms with Crippen LogP contribution >= 0.6 is 0 Å². The van der Waals surface area contributed by atoms with Gasteiger partial charge in [0.25, 0.3) is 0 Å². The van der Waals surface area contributed by atoms with Crippen molar-refractivity contribution >= 4 is 11.7 Å². The Kier molecular flexibility index (Phi) is 4.73. The minimum Gasteiger partial charge on any atom is -0.334 e. The van der Waals surface area contributed by atoms with E-state index in [1.165, 1.54) is 0 Å². The predicted octanol–water partition coefficient (Wildman–Crippen LogP) is 3.32. The molecule has 0 radical (unpaired) electrons. The molecule has 1 atom stereocenters. The third kappa shape index (κ3) is 3.09. The number of anilines is 1. The average molecular weight is 329 g/mol. The highest BCUT2D eigenvalue weighted by atomic mass is 16.1. The van der Waals surface area contributed by atoms with Gasteiger partial charge in [-0.25, -0.2) is 9.67 Å². The fourth-order valence-electron chi connectivity index (χ4n) is 3.44. The molecule has 0 bridgehead atoms. The lowest BCUT2D eigenvalue weighted by Crippen LogP contribution is -2.27. The van der Waals surface area contributed by atoms with E-state index >= 15 is 0 Å². The minimum atomic E-state index is -0.0110. The zero-order valence-corrected chi connectivity index (χ0v) is 15.0. The Balaban J connectivity index is 2.00. The molecule has 130 valence electrons. The first-order valence-corrected chi connectivity index (χ1v) is 8.89. The summed E-state index contributed by atoms with van der Waals surface area (Å²) in [6.45, 7) is 10.3. The van der Waals surface area contributed by atoms with Crippen molar-refractivity contribution in [3.05, 3.63) is 29.5 Å². The lowest BCUT2D eigenvalue weighted by Gasteiger charge is -2.24. The Bertz CT molecular complexity index is 728. The van der Waals surface area contributed by atoms with Gasteiger partial charge in [0.05, 0.1) is 11.6 Å². The monoisotopic (exact) mass is 329 g/mol. The number of nitrogens with one attached hydrogen (secondary N) is 1. The Hall–Kier alpha value is -2.11. The molecule has 0 fully saturated rings. The number of hydrogen-bond donors (Lipinski definition) is 1. The van der Waals surface area contributed by atoms with Crippen LogP contribution < -0.4 is 5.32 Å². The fourth-order valence-corrected chi connectivity index (χ4v) is 3.44. The number of amides is 1. The van der Waals surface area contributed by atoms with Crippen LogP contribution in [0.5, 0.6) is 0 Å². The van der Waals surface area contributed by atoms with Gasteiger partial charge in [-0.15, -0.1) is 0 Å². The van der Waals surface area contributed by atoms with Gasteiger partial charge in [-0.1, -0.05) is 20.8 Å². The Morgan fingerprint density at radius 2 is 2.17 bits per heavy atom. The molecule has 2 aromatic rings. The zero-order chi connectivity index (χ0) is 17.3. The highest BCUT2D eigenvalue weighted by Crippen LogP contribution is 2.38. The first kappa shape index (κ1) is 16.7. The summed E-state index contributed by atoms with van der Waals surface area (Å²) in [5.41, 5.74) is 2.12. The van der Waals surface area contributed by atoms with Gasteiger partial charge in [0.1, 0.15) is 11.6 Å². The lowest BCUT2D eigenvalue weighted by atomic mass is 9.91. The highest BCUT2D eigenvalue weighted by Gasteiger charge is 2.34. The molecule has 6 nitrogen and oxygen atoms in total. The number of hydrogen-bond acceptors (Lipinski definition) is 3. The van der Waals surface area contributed by atoms with Crippen LogP contribution in [0.15, 0.2) is 12.4 Å². The standard InChI is InChI=1S/C18H27N5O/c1-5-8-22-10-7-19-17(22)14-11-15(24)20-18-16(14)13(4)21-23(18)9-6-12(2)3/h7,10,12,14H,5-6,8-9,11H2,1-4H3,(H,20,24)/t14-/m0/s1. The van der Waals surface area contributed by atoms with Crippen LogP contribution in [-0.2, 0) is 17.9 Å². The second-order valence-electron chi connectivity index (χ2n) is 7.04. The van der Waals surface area contributed by atoms with Crippen molar-refractivity contribution < 1.29 is 4.79 Å². The third-order valence-electron chi connectivity index (χ3n) is 4.61. The van der Waals surface area contributed by atoms with Crippen molar-refractivity contribution in [1.82, 2.24) is 19.3 Å².